The molecule has 20 heavy (non-hydrogen) atoms. The number of nitrogens with one attached hydrogen (secondary N) is 1. The fraction of sp³-hybridized carbons (Fsp3) is 0.467. The van der Waals surface area contributed by atoms with E-state index in [1.165, 1.54) is 0 Å². The van der Waals surface area contributed by atoms with Gasteiger partial charge in [-0.1, -0.05) is 0 Å². The predicted octanol–water partition coefficient (Wildman–Crippen LogP) is 1.83. The molecule has 0 saturated carbocycles. The molecule has 110 valence electrons. The summed E-state index contributed by atoms with van der Waals surface area (Å²) in [6, 6.07) is 7.33. The Hall–Kier alpha value is -2.04. The number of amides is 1. The number of rotatable bonds is 7. The van der Waals surface area contributed by atoms with Crippen LogP contribution in [0.2, 0.25) is 0 Å². The molecule has 1 rings (SSSR count). The fourth-order valence-corrected chi connectivity index (χ4v) is 1.88. The van der Waals surface area contributed by atoms with E-state index in [1.54, 1.807) is 19.1 Å². The highest BCUT2D eigenvalue weighted by molar-refractivity contribution is 5.96. The molecule has 0 bridgehead atoms. The second-order valence-corrected chi connectivity index (χ2v) is 4.21. The van der Waals surface area contributed by atoms with E-state index < -0.39 is 5.97 Å². The number of hydrogen-bond acceptors (Lipinski definition) is 4. The Morgan fingerprint density at radius 2 is 1.70 bits per heavy atom. The molecule has 0 radical (unpaired) electrons. The molecular formula is C15H22N2O3. The summed E-state index contributed by atoms with van der Waals surface area (Å²) in [6.45, 7) is 7.95. The van der Waals surface area contributed by atoms with Gasteiger partial charge in [-0.25, -0.2) is 0 Å². The average Bonchev–Trinajstić information content (AvgIpc) is 2.47. The van der Waals surface area contributed by atoms with Crippen LogP contribution in [0, 0.1) is 0 Å². The summed E-state index contributed by atoms with van der Waals surface area (Å²) in [5, 5.41) is 2.53. The minimum Gasteiger partial charge on any atom is -0.465 e. The molecule has 0 spiro atoms. The third kappa shape index (κ3) is 4.57. The van der Waals surface area contributed by atoms with Gasteiger partial charge < -0.3 is 15.0 Å². The average molecular weight is 278 g/mol. The first-order valence-electron chi connectivity index (χ1n) is 6.91. The predicted molar refractivity (Wildman–Crippen MR) is 79.0 cm³/mol. The van der Waals surface area contributed by atoms with E-state index in [0.29, 0.717) is 12.2 Å². The Morgan fingerprint density at radius 3 is 2.20 bits per heavy atom. The third-order valence-electron chi connectivity index (χ3n) is 2.96. The lowest BCUT2D eigenvalue weighted by Gasteiger charge is -2.21. The Kier molecular flexibility index (Phi) is 6.56. The lowest BCUT2D eigenvalue weighted by atomic mass is 10.2. The molecule has 1 aromatic carbocycles. The van der Waals surface area contributed by atoms with Gasteiger partial charge in [0.2, 0.25) is 0 Å². The van der Waals surface area contributed by atoms with Crippen molar-refractivity contribution >= 4 is 17.6 Å². The maximum absolute atomic E-state index is 11.8. The SMILES string of the molecule is CCOC(=O)CNC(=O)c1ccc(N(CC)CC)cc1. The monoisotopic (exact) mass is 278 g/mol. The van der Waals surface area contributed by atoms with Gasteiger partial charge in [0.05, 0.1) is 6.61 Å². The van der Waals surface area contributed by atoms with Crippen LogP contribution in [-0.2, 0) is 9.53 Å². The minimum absolute atomic E-state index is 0.107. The summed E-state index contributed by atoms with van der Waals surface area (Å²) < 4.78 is 4.75. The molecule has 1 aromatic rings. The van der Waals surface area contributed by atoms with Crippen molar-refractivity contribution in [3.63, 3.8) is 0 Å². The van der Waals surface area contributed by atoms with E-state index in [9.17, 15) is 9.59 Å². The molecule has 0 aliphatic carbocycles. The standard InChI is InChI=1S/C15H22N2O3/c1-4-17(5-2)13-9-7-12(8-10-13)15(19)16-11-14(18)20-6-3/h7-10H,4-6,11H2,1-3H3,(H,16,19). The zero-order valence-electron chi connectivity index (χ0n) is 12.3. The number of esters is 1. The maximum atomic E-state index is 11.8. The van der Waals surface area contributed by atoms with Gasteiger partial charge in [-0.2, -0.15) is 0 Å². The molecule has 1 N–H and O–H groups in total. The van der Waals surface area contributed by atoms with E-state index >= 15 is 0 Å². The summed E-state index contributed by atoms with van der Waals surface area (Å²) in [7, 11) is 0. The molecule has 5 nitrogen and oxygen atoms in total. The van der Waals surface area contributed by atoms with Crippen molar-refractivity contribution < 1.29 is 14.3 Å². The van der Waals surface area contributed by atoms with Crippen molar-refractivity contribution in [3.8, 4) is 0 Å². The molecule has 0 aromatic heterocycles. The van der Waals surface area contributed by atoms with Crippen molar-refractivity contribution in [3.05, 3.63) is 29.8 Å². The van der Waals surface area contributed by atoms with Crippen molar-refractivity contribution in [1.82, 2.24) is 5.32 Å². The normalized spacial score (nSPS) is 9.95. The van der Waals surface area contributed by atoms with E-state index in [4.69, 9.17) is 4.74 Å². The summed E-state index contributed by atoms with van der Waals surface area (Å²) in [6.07, 6.45) is 0. The largest absolute Gasteiger partial charge is 0.465 e. The van der Waals surface area contributed by atoms with Crippen LogP contribution in [0.4, 0.5) is 5.69 Å². The Balaban J connectivity index is 2.59. The van der Waals surface area contributed by atoms with Crippen LogP contribution in [0.1, 0.15) is 31.1 Å². The minimum atomic E-state index is -0.430. The van der Waals surface area contributed by atoms with Crippen LogP contribution in [-0.4, -0.2) is 38.1 Å². The number of nitrogens with zero attached hydrogens (tertiary/aromatic N) is 1. The van der Waals surface area contributed by atoms with Crippen LogP contribution >= 0.6 is 0 Å². The number of hydrogen-bond donors (Lipinski definition) is 1. The fourth-order valence-electron chi connectivity index (χ4n) is 1.88. The van der Waals surface area contributed by atoms with Crippen LogP contribution in [0.15, 0.2) is 24.3 Å². The lowest BCUT2D eigenvalue weighted by molar-refractivity contribution is -0.141. The molecular weight excluding hydrogens is 256 g/mol. The summed E-state index contributed by atoms with van der Waals surface area (Å²) >= 11 is 0. The van der Waals surface area contributed by atoms with Crippen molar-refractivity contribution in [2.24, 2.45) is 0 Å². The third-order valence-corrected chi connectivity index (χ3v) is 2.96. The Morgan fingerprint density at radius 1 is 1.10 bits per heavy atom. The molecule has 0 aliphatic heterocycles. The number of ether oxygens (including phenoxy) is 1. The zero-order valence-corrected chi connectivity index (χ0v) is 12.3. The van der Waals surface area contributed by atoms with Gasteiger partial charge in [-0.05, 0) is 45.0 Å². The zero-order chi connectivity index (χ0) is 15.0. The molecule has 0 fully saturated rings. The summed E-state index contributed by atoms with van der Waals surface area (Å²) in [4.78, 5) is 25.2. The molecule has 0 atom stereocenters. The van der Waals surface area contributed by atoms with Crippen LogP contribution in [0.5, 0.6) is 0 Å². The Bertz CT molecular complexity index is 439. The van der Waals surface area contributed by atoms with Crippen LogP contribution in [0.3, 0.4) is 0 Å². The van der Waals surface area contributed by atoms with E-state index in [-0.39, 0.29) is 12.5 Å². The highest BCUT2D eigenvalue weighted by atomic mass is 16.5. The first-order valence-corrected chi connectivity index (χ1v) is 6.91. The van der Waals surface area contributed by atoms with Crippen LogP contribution < -0.4 is 10.2 Å². The molecule has 0 aliphatic rings. The number of carbonyl (C=O) groups is 2. The Labute approximate surface area is 119 Å². The van der Waals surface area contributed by atoms with Gasteiger partial charge in [-0.3, -0.25) is 9.59 Å². The van der Waals surface area contributed by atoms with Gasteiger partial charge in [-0.15, -0.1) is 0 Å². The van der Waals surface area contributed by atoms with E-state index in [2.05, 4.69) is 24.1 Å². The molecule has 0 unspecified atom stereocenters. The number of benzene rings is 1. The first-order chi connectivity index (χ1) is 9.62. The lowest BCUT2D eigenvalue weighted by Crippen LogP contribution is -2.30. The number of anilines is 1. The molecule has 5 heteroatoms. The molecule has 0 heterocycles. The van der Waals surface area contributed by atoms with E-state index in [0.717, 1.165) is 18.8 Å². The molecule has 0 saturated heterocycles. The maximum Gasteiger partial charge on any atom is 0.325 e. The summed E-state index contributed by atoms with van der Waals surface area (Å²) in [5.74, 6) is -0.704. The van der Waals surface area contributed by atoms with Gasteiger partial charge in [0.15, 0.2) is 0 Å². The highest BCUT2D eigenvalue weighted by Gasteiger charge is 2.09. The number of carbonyl (C=O) groups excluding carboxylic acids is 2. The first kappa shape index (κ1) is 16.0. The quantitative estimate of drug-likeness (QED) is 0.773. The second kappa shape index (κ2) is 8.19. The van der Waals surface area contributed by atoms with Crippen molar-refractivity contribution in [2.75, 3.05) is 31.1 Å². The van der Waals surface area contributed by atoms with Gasteiger partial charge in [0.25, 0.3) is 5.91 Å². The highest BCUT2D eigenvalue weighted by Crippen LogP contribution is 2.14. The molecule has 1 amide bonds. The van der Waals surface area contributed by atoms with Gasteiger partial charge in [0.1, 0.15) is 6.54 Å². The topological polar surface area (TPSA) is 58.6 Å². The second-order valence-electron chi connectivity index (χ2n) is 4.21. The van der Waals surface area contributed by atoms with Crippen molar-refractivity contribution in [1.29, 1.82) is 0 Å². The van der Waals surface area contributed by atoms with Gasteiger partial charge in [0, 0.05) is 24.3 Å². The smallest absolute Gasteiger partial charge is 0.325 e. The van der Waals surface area contributed by atoms with Crippen LogP contribution in [0.25, 0.3) is 0 Å². The van der Waals surface area contributed by atoms with Gasteiger partial charge >= 0.3 is 5.97 Å². The van der Waals surface area contributed by atoms with E-state index in [1.807, 2.05) is 12.1 Å². The summed E-state index contributed by atoms with van der Waals surface area (Å²) in [5.41, 5.74) is 1.61. The van der Waals surface area contributed by atoms with Crippen molar-refractivity contribution in [2.45, 2.75) is 20.8 Å².